The molecule has 3 rings (SSSR count). The van der Waals surface area contributed by atoms with E-state index in [0.717, 1.165) is 6.07 Å². The molecule has 2 aromatic carbocycles. The van der Waals surface area contributed by atoms with Gasteiger partial charge in [0.25, 0.3) is 5.91 Å². The van der Waals surface area contributed by atoms with Gasteiger partial charge >= 0.3 is 0 Å². The van der Waals surface area contributed by atoms with Gasteiger partial charge < -0.3 is 10.1 Å². The van der Waals surface area contributed by atoms with Gasteiger partial charge in [0.2, 0.25) is 11.8 Å². The van der Waals surface area contributed by atoms with Crippen LogP contribution >= 0.6 is 0 Å². The number of benzene rings is 2. The zero-order chi connectivity index (χ0) is 19.4. The molecule has 0 saturated carbocycles. The van der Waals surface area contributed by atoms with Crippen LogP contribution in [0.3, 0.4) is 0 Å². The van der Waals surface area contributed by atoms with E-state index in [-0.39, 0.29) is 17.9 Å². The number of hydrazine groups is 1. The van der Waals surface area contributed by atoms with E-state index in [1.807, 2.05) is 0 Å². The Morgan fingerprint density at radius 3 is 2.70 bits per heavy atom. The summed E-state index contributed by atoms with van der Waals surface area (Å²) in [6.45, 7) is -0.520. The van der Waals surface area contributed by atoms with Crippen molar-refractivity contribution in [3.8, 4) is 5.75 Å². The maximum Gasteiger partial charge on any atom is 0.276 e. The van der Waals surface area contributed by atoms with Crippen LogP contribution in [-0.4, -0.2) is 24.3 Å². The number of para-hydroxylation sites is 1. The number of hydrogen-bond donors (Lipinski definition) is 3. The molecule has 7 nitrogen and oxygen atoms in total. The number of carbonyl (C=O) groups is 3. The number of ether oxygens (including phenoxy) is 1. The van der Waals surface area contributed by atoms with E-state index in [9.17, 15) is 23.2 Å². The highest BCUT2D eigenvalue weighted by molar-refractivity contribution is 6.01. The number of carbonyl (C=O) groups excluding carboxylic acids is 3. The van der Waals surface area contributed by atoms with E-state index in [1.54, 1.807) is 6.07 Å². The Bertz CT molecular complexity index is 904. The summed E-state index contributed by atoms with van der Waals surface area (Å²) in [4.78, 5) is 35.8. The predicted molar refractivity (Wildman–Crippen MR) is 90.6 cm³/mol. The van der Waals surface area contributed by atoms with Gasteiger partial charge in [-0.15, -0.1) is 0 Å². The molecular weight excluding hydrogens is 360 g/mol. The molecular formula is C18H15F2N3O4. The van der Waals surface area contributed by atoms with Gasteiger partial charge in [-0.25, -0.2) is 8.78 Å². The number of nitrogens with one attached hydrogen (secondary N) is 3. The van der Waals surface area contributed by atoms with Gasteiger partial charge in [-0.05, 0) is 29.8 Å². The molecule has 27 heavy (non-hydrogen) atoms. The van der Waals surface area contributed by atoms with Gasteiger partial charge in [0.05, 0.1) is 5.92 Å². The summed E-state index contributed by atoms with van der Waals surface area (Å²) in [7, 11) is 0. The van der Waals surface area contributed by atoms with Crippen molar-refractivity contribution >= 4 is 23.4 Å². The molecule has 9 heteroatoms. The first-order valence-electron chi connectivity index (χ1n) is 7.99. The number of halogens is 2. The first-order chi connectivity index (χ1) is 12.9. The van der Waals surface area contributed by atoms with Gasteiger partial charge in [-0.2, -0.15) is 0 Å². The normalized spacial score (nSPS) is 15.3. The molecule has 1 atom stereocenters. The Balaban J connectivity index is 1.57. The fraction of sp³-hybridized carbons (Fsp3) is 0.167. The summed E-state index contributed by atoms with van der Waals surface area (Å²) >= 11 is 0. The molecule has 2 aromatic rings. The summed E-state index contributed by atoms with van der Waals surface area (Å²) in [6.07, 6.45) is -0.147. The fourth-order valence-corrected chi connectivity index (χ4v) is 2.63. The van der Waals surface area contributed by atoms with E-state index in [1.165, 1.54) is 30.3 Å². The topological polar surface area (TPSA) is 96.5 Å². The second kappa shape index (κ2) is 7.81. The second-order valence-electron chi connectivity index (χ2n) is 5.79. The molecule has 1 heterocycles. The molecule has 0 radical (unpaired) electrons. The average molecular weight is 375 g/mol. The third-order valence-corrected chi connectivity index (χ3v) is 3.89. The molecule has 1 aliphatic heterocycles. The number of rotatable bonds is 4. The van der Waals surface area contributed by atoms with Gasteiger partial charge in [-0.1, -0.05) is 18.2 Å². The lowest BCUT2D eigenvalue weighted by molar-refractivity contribution is -0.131. The van der Waals surface area contributed by atoms with E-state index >= 15 is 0 Å². The van der Waals surface area contributed by atoms with Crippen molar-refractivity contribution in [1.29, 1.82) is 0 Å². The monoisotopic (exact) mass is 375 g/mol. The molecule has 140 valence electrons. The molecule has 0 fully saturated rings. The van der Waals surface area contributed by atoms with Crippen LogP contribution in [-0.2, 0) is 14.4 Å². The first kappa shape index (κ1) is 18.3. The lowest BCUT2D eigenvalue weighted by atomic mass is 9.90. The first-order valence-corrected chi connectivity index (χ1v) is 7.99. The van der Waals surface area contributed by atoms with E-state index in [0.29, 0.717) is 5.56 Å². The zero-order valence-corrected chi connectivity index (χ0v) is 13.9. The lowest BCUT2D eigenvalue weighted by Crippen LogP contribution is -2.47. The molecule has 0 aromatic heterocycles. The van der Waals surface area contributed by atoms with Crippen LogP contribution < -0.4 is 20.9 Å². The van der Waals surface area contributed by atoms with Crippen molar-refractivity contribution in [3.63, 3.8) is 0 Å². The highest BCUT2D eigenvalue weighted by Crippen LogP contribution is 2.32. The Morgan fingerprint density at radius 1 is 1.15 bits per heavy atom. The third-order valence-electron chi connectivity index (χ3n) is 3.89. The van der Waals surface area contributed by atoms with Gasteiger partial charge in [0.1, 0.15) is 5.82 Å². The van der Waals surface area contributed by atoms with Crippen LogP contribution in [0.5, 0.6) is 5.75 Å². The van der Waals surface area contributed by atoms with E-state index in [4.69, 9.17) is 4.74 Å². The number of fused-ring (bicyclic) bond motifs is 1. The molecule has 3 amide bonds. The summed E-state index contributed by atoms with van der Waals surface area (Å²) in [5.41, 5.74) is 4.97. The lowest BCUT2D eigenvalue weighted by Gasteiger charge is -2.24. The second-order valence-corrected chi connectivity index (χ2v) is 5.79. The largest absolute Gasteiger partial charge is 0.481 e. The van der Waals surface area contributed by atoms with Crippen molar-refractivity contribution in [2.75, 3.05) is 11.9 Å². The van der Waals surface area contributed by atoms with Crippen LogP contribution in [0.2, 0.25) is 0 Å². The Hall–Kier alpha value is -3.49. The average Bonchev–Trinajstić information content (AvgIpc) is 2.64. The number of hydrogen-bond acceptors (Lipinski definition) is 4. The molecule has 0 aliphatic carbocycles. The van der Waals surface area contributed by atoms with Crippen LogP contribution in [0.1, 0.15) is 17.9 Å². The Morgan fingerprint density at radius 2 is 1.93 bits per heavy atom. The summed E-state index contributed by atoms with van der Waals surface area (Å²) in [5.74, 6) is -3.95. The van der Waals surface area contributed by atoms with Crippen LogP contribution in [0.15, 0.2) is 42.5 Å². The molecule has 0 bridgehead atoms. The smallest absolute Gasteiger partial charge is 0.276 e. The van der Waals surface area contributed by atoms with Crippen LogP contribution in [0, 0.1) is 11.6 Å². The van der Waals surface area contributed by atoms with Crippen molar-refractivity contribution in [2.24, 2.45) is 0 Å². The standard InChI is InChI=1S/C18H15F2N3O4/c19-10-5-6-11-12(8-16(24)21-14(11)7-10)18(26)23-22-17(25)9-27-15-4-2-1-3-13(15)20/h1-7,12H,8-9H2,(H,21,24)(H,22,25)(H,23,26). The summed E-state index contributed by atoms with van der Waals surface area (Å²) < 4.78 is 31.7. The minimum atomic E-state index is -0.887. The Labute approximate surface area is 152 Å². The summed E-state index contributed by atoms with van der Waals surface area (Å²) in [6, 6.07) is 9.27. The van der Waals surface area contributed by atoms with E-state index in [2.05, 4.69) is 16.2 Å². The SMILES string of the molecule is O=C(COc1ccccc1F)NNC(=O)C1CC(=O)Nc2cc(F)ccc21. The number of amides is 3. The fourth-order valence-electron chi connectivity index (χ4n) is 2.63. The minimum Gasteiger partial charge on any atom is -0.481 e. The third kappa shape index (κ3) is 4.38. The van der Waals surface area contributed by atoms with Crippen molar-refractivity contribution in [2.45, 2.75) is 12.3 Å². The molecule has 3 N–H and O–H groups in total. The minimum absolute atomic E-state index is 0.0983. The molecule has 1 unspecified atom stereocenters. The van der Waals surface area contributed by atoms with Crippen LogP contribution in [0.25, 0.3) is 0 Å². The number of anilines is 1. The van der Waals surface area contributed by atoms with Gasteiger partial charge in [-0.3, -0.25) is 25.2 Å². The van der Waals surface area contributed by atoms with Gasteiger partial charge in [0, 0.05) is 12.1 Å². The molecule has 0 saturated heterocycles. The van der Waals surface area contributed by atoms with Gasteiger partial charge in [0.15, 0.2) is 18.2 Å². The maximum absolute atomic E-state index is 13.4. The quantitative estimate of drug-likeness (QED) is 0.708. The molecule has 0 spiro atoms. The highest BCUT2D eigenvalue weighted by Gasteiger charge is 2.31. The highest BCUT2D eigenvalue weighted by atomic mass is 19.1. The van der Waals surface area contributed by atoms with E-state index < -0.39 is 41.9 Å². The molecule has 1 aliphatic rings. The van der Waals surface area contributed by atoms with Crippen molar-refractivity contribution in [3.05, 3.63) is 59.7 Å². The van der Waals surface area contributed by atoms with Crippen molar-refractivity contribution in [1.82, 2.24) is 10.9 Å². The predicted octanol–water partition coefficient (Wildman–Crippen LogP) is 1.62. The Kier molecular flexibility index (Phi) is 5.30. The maximum atomic E-state index is 13.4. The van der Waals surface area contributed by atoms with Crippen LogP contribution in [0.4, 0.5) is 14.5 Å². The van der Waals surface area contributed by atoms with Crippen molar-refractivity contribution < 1.29 is 27.9 Å². The zero-order valence-electron chi connectivity index (χ0n) is 13.9. The summed E-state index contributed by atoms with van der Waals surface area (Å²) in [5, 5.41) is 2.49.